The van der Waals surface area contributed by atoms with Gasteiger partial charge in [0.15, 0.2) is 11.5 Å². The monoisotopic (exact) mass is 528 g/mol. The van der Waals surface area contributed by atoms with Crippen LogP contribution in [0.1, 0.15) is 15.9 Å². The minimum absolute atomic E-state index is 0.109. The average Bonchev–Trinajstić information content (AvgIpc) is 3.56. The van der Waals surface area contributed by atoms with E-state index in [9.17, 15) is 9.59 Å². The number of imidazole rings is 1. The molecule has 192 valence electrons. The predicted octanol–water partition coefficient (Wildman–Crippen LogP) is 5.50. The second kappa shape index (κ2) is 10.8. The van der Waals surface area contributed by atoms with E-state index in [0.717, 1.165) is 16.8 Å². The molecule has 0 bridgehead atoms. The van der Waals surface area contributed by atoms with Gasteiger partial charge in [-0.15, -0.1) is 6.58 Å². The number of anilines is 1. The first-order chi connectivity index (χ1) is 18.4. The van der Waals surface area contributed by atoms with Gasteiger partial charge in [-0.3, -0.25) is 19.5 Å². The molecule has 8 nitrogen and oxygen atoms in total. The van der Waals surface area contributed by atoms with Crippen LogP contribution in [-0.4, -0.2) is 46.1 Å². The highest BCUT2D eigenvalue weighted by Gasteiger charge is 2.23. The Morgan fingerprint density at radius 2 is 1.82 bits per heavy atom. The summed E-state index contributed by atoms with van der Waals surface area (Å²) in [5.74, 6) is 0.672. The van der Waals surface area contributed by atoms with Crippen LogP contribution in [0.2, 0.25) is 5.02 Å². The van der Waals surface area contributed by atoms with Gasteiger partial charge < -0.3 is 14.4 Å². The maximum atomic E-state index is 13.2. The highest BCUT2D eigenvalue weighted by Crippen LogP contribution is 2.33. The summed E-state index contributed by atoms with van der Waals surface area (Å²) in [5.41, 5.74) is 3.84. The lowest BCUT2D eigenvalue weighted by molar-refractivity contribution is -0.116. The summed E-state index contributed by atoms with van der Waals surface area (Å²) in [6.07, 6.45) is 3.42. The van der Waals surface area contributed by atoms with Crippen LogP contribution in [0.15, 0.2) is 85.6 Å². The number of carbonyl (C=O) groups is 2. The fraction of sp³-hybridized carbons (Fsp3) is 0.138. The maximum absolute atomic E-state index is 13.2. The Kier molecular flexibility index (Phi) is 7.15. The van der Waals surface area contributed by atoms with E-state index in [1.807, 2.05) is 49.5 Å². The van der Waals surface area contributed by atoms with Crippen LogP contribution in [0.4, 0.5) is 5.95 Å². The van der Waals surface area contributed by atoms with Crippen molar-refractivity contribution in [2.45, 2.75) is 6.92 Å². The molecule has 0 saturated carbocycles. The molecule has 2 amide bonds. The van der Waals surface area contributed by atoms with Gasteiger partial charge in [-0.1, -0.05) is 47.5 Å². The smallest absolute Gasteiger partial charge is 0.254 e. The first kappa shape index (κ1) is 25.1. The third-order valence-electron chi connectivity index (χ3n) is 6.00. The van der Waals surface area contributed by atoms with E-state index in [1.165, 1.54) is 4.90 Å². The predicted molar refractivity (Wildman–Crippen MR) is 146 cm³/mol. The summed E-state index contributed by atoms with van der Waals surface area (Å²) >= 11 is 6.05. The molecule has 0 saturated heterocycles. The third-order valence-corrected chi connectivity index (χ3v) is 6.25. The molecule has 0 radical (unpaired) electrons. The van der Waals surface area contributed by atoms with Crippen LogP contribution in [0.5, 0.6) is 11.5 Å². The molecule has 0 atom stereocenters. The molecule has 2 heterocycles. The van der Waals surface area contributed by atoms with Gasteiger partial charge in [0.1, 0.15) is 6.54 Å². The number of amides is 2. The summed E-state index contributed by atoms with van der Waals surface area (Å²) in [5, 5.41) is 3.50. The summed E-state index contributed by atoms with van der Waals surface area (Å²) in [4.78, 5) is 32.5. The molecule has 1 aromatic heterocycles. The van der Waals surface area contributed by atoms with E-state index < -0.39 is 5.91 Å². The zero-order chi connectivity index (χ0) is 26.6. The third kappa shape index (κ3) is 5.40. The largest absolute Gasteiger partial charge is 0.454 e. The molecule has 1 aliphatic rings. The number of ether oxygens (including phenoxy) is 2. The molecular weight excluding hydrogens is 504 g/mol. The van der Waals surface area contributed by atoms with Gasteiger partial charge in [0.05, 0.1) is 5.69 Å². The van der Waals surface area contributed by atoms with Gasteiger partial charge in [0, 0.05) is 34.6 Å². The maximum Gasteiger partial charge on any atom is 0.254 e. The highest BCUT2D eigenvalue weighted by molar-refractivity contribution is 6.30. The molecule has 3 aromatic carbocycles. The highest BCUT2D eigenvalue weighted by atomic mass is 35.5. The lowest BCUT2D eigenvalue weighted by atomic mass is 10.1. The normalized spacial score (nSPS) is 11.7. The van der Waals surface area contributed by atoms with Crippen molar-refractivity contribution in [2.24, 2.45) is 0 Å². The summed E-state index contributed by atoms with van der Waals surface area (Å²) < 4.78 is 12.5. The summed E-state index contributed by atoms with van der Waals surface area (Å²) in [7, 11) is 0. The van der Waals surface area contributed by atoms with E-state index >= 15 is 0 Å². The lowest BCUT2D eigenvalue weighted by Crippen LogP contribution is -2.38. The molecule has 1 N–H and O–H groups in total. The molecule has 5 rings (SSSR count). The Bertz CT molecular complexity index is 1500. The van der Waals surface area contributed by atoms with Crippen molar-refractivity contribution in [1.82, 2.24) is 14.5 Å². The van der Waals surface area contributed by atoms with Crippen LogP contribution >= 0.6 is 11.6 Å². The van der Waals surface area contributed by atoms with Crippen LogP contribution < -0.4 is 14.8 Å². The molecule has 4 aromatic rings. The van der Waals surface area contributed by atoms with Crippen molar-refractivity contribution < 1.29 is 19.1 Å². The number of benzene rings is 3. The topological polar surface area (TPSA) is 85.7 Å². The molecular formula is C29H25ClN4O4. The van der Waals surface area contributed by atoms with Gasteiger partial charge in [0.2, 0.25) is 18.6 Å². The summed E-state index contributed by atoms with van der Waals surface area (Å²) in [6.45, 7) is 5.83. The van der Waals surface area contributed by atoms with Crippen LogP contribution in [-0.2, 0) is 4.79 Å². The molecule has 0 aliphatic carbocycles. The van der Waals surface area contributed by atoms with Gasteiger partial charge in [-0.2, -0.15) is 0 Å². The quantitative estimate of drug-likeness (QED) is 0.305. The molecule has 0 spiro atoms. The van der Waals surface area contributed by atoms with Crippen LogP contribution in [0.3, 0.4) is 0 Å². The number of hydrogen-bond acceptors (Lipinski definition) is 5. The molecule has 38 heavy (non-hydrogen) atoms. The van der Waals surface area contributed by atoms with Crippen molar-refractivity contribution in [3.63, 3.8) is 0 Å². The average molecular weight is 529 g/mol. The van der Waals surface area contributed by atoms with Gasteiger partial charge >= 0.3 is 0 Å². The Hall–Kier alpha value is -4.56. The van der Waals surface area contributed by atoms with Crippen molar-refractivity contribution in [2.75, 3.05) is 25.2 Å². The minimum Gasteiger partial charge on any atom is -0.454 e. The van der Waals surface area contributed by atoms with Crippen LogP contribution in [0, 0.1) is 6.92 Å². The van der Waals surface area contributed by atoms with E-state index in [4.69, 9.17) is 21.1 Å². The van der Waals surface area contributed by atoms with E-state index in [1.54, 1.807) is 41.0 Å². The van der Waals surface area contributed by atoms with Gasteiger partial charge in [0.25, 0.3) is 5.91 Å². The standard InChI is InChI=1S/C29H25ClN4O4/c1-3-14-33(28(36)21-8-13-25-26(15-21)38-18-37-25)17-27(35)32-29-31-24(20-6-9-22(30)10-7-20)16-34(29)23-11-4-19(2)5-12-23/h3-13,15-16H,1,14,17-18H2,2H3,(H,31,32,35). The summed E-state index contributed by atoms with van der Waals surface area (Å²) in [6, 6.07) is 20.1. The second-order valence-corrected chi connectivity index (χ2v) is 9.19. The SMILES string of the molecule is C=CCN(CC(=O)Nc1nc(-c2ccc(Cl)cc2)cn1-c1ccc(C)cc1)C(=O)c1ccc2c(c1)OCO2. The Morgan fingerprint density at radius 3 is 2.55 bits per heavy atom. The van der Waals surface area contributed by atoms with Gasteiger partial charge in [-0.25, -0.2) is 4.98 Å². The van der Waals surface area contributed by atoms with Crippen molar-refractivity contribution in [3.8, 4) is 28.4 Å². The molecule has 9 heteroatoms. The zero-order valence-electron chi connectivity index (χ0n) is 20.7. The number of rotatable bonds is 8. The van der Waals surface area contributed by atoms with Crippen molar-refractivity contribution in [1.29, 1.82) is 0 Å². The minimum atomic E-state index is -0.400. The fourth-order valence-electron chi connectivity index (χ4n) is 4.06. The number of carbonyl (C=O) groups excluding carboxylic acids is 2. The first-order valence-electron chi connectivity index (χ1n) is 11.9. The van der Waals surface area contributed by atoms with Crippen molar-refractivity contribution >= 4 is 29.4 Å². The Labute approximate surface area is 225 Å². The number of aryl methyl sites for hydroxylation is 1. The zero-order valence-corrected chi connectivity index (χ0v) is 21.4. The van der Waals surface area contributed by atoms with E-state index in [2.05, 4.69) is 16.9 Å². The number of nitrogens with one attached hydrogen (secondary N) is 1. The molecule has 0 fully saturated rings. The second-order valence-electron chi connectivity index (χ2n) is 8.75. The van der Waals surface area contributed by atoms with Gasteiger partial charge in [-0.05, 0) is 49.4 Å². The number of nitrogens with zero attached hydrogens (tertiary/aromatic N) is 3. The van der Waals surface area contributed by atoms with E-state index in [0.29, 0.717) is 33.7 Å². The number of halogens is 1. The molecule has 1 aliphatic heterocycles. The number of fused-ring (bicyclic) bond motifs is 1. The lowest BCUT2D eigenvalue weighted by Gasteiger charge is -2.21. The Balaban J connectivity index is 1.39. The van der Waals surface area contributed by atoms with Crippen LogP contribution in [0.25, 0.3) is 16.9 Å². The number of hydrogen-bond donors (Lipinski definition) is 1. The number of aromatic nitrogens is 2. The van der Waals surface area contributed by atoms with E-state index in [-0.39, 0.29) is 25.8 Å². The first-order valence-corrected chi connectivity index (χ1v) is 12.3. The van der Waals surface area contributed by atoms with Crippen molar-refractivity contribution in [3.05, 3.63) is 102 Å². The molecule has 0 unspecified atom stereocenters. The Morgan fingerprint density at radius 1 is 1.08 bits per heavy atom. The fourth-order valence-corrected chi connectivity index (χ4v) is 4.18.